The fraction of sp³-hybridized carbons (Fsp3) is 0.389. The summed E-state index contributed by atoms with van der Waals surface area (Å²) in [7, 11) is 1.63. The molecule has 0 bridgehead atoms. The van der Waals surface area contributed by atoms with Crippen LogP contribution >= 0.6 is 0 Å². The Kier molecular flexibility index (Phi) is 7.16. The molecule has 2 aromatic rings. The highest BCUT2D eigenvalue weighted by molar-refractivity contribution is 5.93. The van der Waals surface area contributed by atoms with Crippen LogP contribution in [-0.2, 0) is 4.74 Å². The number of ether oxygens (including phenoxy) is 2. The number of aromatic nitrogens is 2. The minimum Gasteiger partial charge on any atom is -0.489 e. The van der Waals surface area contributed by atoms with Crippen LogP contribution in [0.3, 0.4) is 0 Å². The highest BCUT2D eigenvalue weighted by Crippen LogP contribution is 2.26. The molecule has 7 heteroatoms. The number of rotatable bonds is 9. The molecule has 1 aromatic carbocycles. The van der Waals surface area contributed by atoms with E-state index in [1.54, 1.807) is 7.11 Å². The van der Waals surface area contributed by atoms with Crippen molar-refractivity contribution in [1.29, 1.82) is 0 Å². The summed E-state index contributed by atoms with van der Waals surface area (Å²) in [4.78, 5) is 20.4. The molecule has 1 heterocycles. The Balaban J connectivity index is 1.98. The molecule has 0 saturated heterocycles. The summed E-state index contributed by atoms with van der Waals surface area (Å²) in [5.74, 6) is 0.919. The van der Waals surface area contributed by atoms with Crippen molar-refractivity contribution in [2.75, 3.05) is 25.6 Å². The lowest BCUT2D eigenvalue weighted by Crippen LogP contribution is -2.25. The topological polar surface area (TPSA) is 85.4 Å². The SMILES string of the molecule is COCCCNC(=O)c1cnc(Nc2ccccc2OC(C)C)nc1. The predicted octanol–water partition coefficient (Wildman–Crippen LogP) is 2.77. The van der Waals surface area contributed by atoms with E-state index in [9.17, 15) is 4.79 Å². The van der Waals surface area contributed by atoms with E-state index in [-0.39, 0.29) is 12.0 Å². The molecule has 0 atom stereocenters. The number of nitrogens with one attached hydrogen (secondary N) is 2. The average Bonchev–Trinajstić information content (AvgIpc) is 2.60. The summed E-state index contributed by atoms with van der Waals surface area (Å²) in [6.45, 7) is 5.09. The maximum atomic E-state index is 12.0. The van der Waals surface area contributed by atoms with Crippen LogP contribution in [0.4, 0.5) is 11.6 Å². The van der Waals surface area contributed by atoms with Gasteiger partial charge in [0.25, 0.3) is 5.91 Å². The lowest BCUT2D eigenvalue weighted by Gasteiger charge is -2.14. The molecular formula is C18H24N4O3. The van der Waals surface area contributed by atoms with E-state index in [0.717, 1.165) is 17.9 Å². The monoisotopic (exact) mass is 344 g/mol. The van der Waals surface area contributed by atoms with Gasteiger partial charge < -0.3 is 20.1 Å². The third-order valence-electron chi connectivity index (χ3n) is 3.22. The molecule has 2 rings (SSSR count). The fourth-order valence-corrected chi connectivity index (χ4v) is 2.08. The first-order valence-corrected chi connectivity index (χ1v) is 8.22. The third kappa shape index (κ3) is 6.04. The second-order valence-corrected chi connectivity index (χ2v) is 5.69. The molecule has 134 valence electrons. The van der Waals surface area contributed by atoms with Crippen molar-refractivity contribution in [3.63, 3.8) is 0 Å². The van der Waals surface area contributed by atoms with Crippen LogP contribution in [0, 0.1) is 0 Å². The number of para-hydroxylation sites is 2. The first-order chi connectivity index (χ1) is 12.1. The zero-order chi connectivity index (χ0) is 18.1. The Morgan fingerprint density at radius 3 is 2.60 bits per heavy atom. The molecule has 0 radical (unpaired) electrons. The van der Waals surface area contributed by atoms with Crippen molar-refractivity contribution in [3.8, 4) is 5.75 Å². The molecule has 25 heavy (non-hydrogen) atoms. The standard InChI is InChI=1S/C18H24N4O3/c1-13(2)25-16-8-5-4-7-15(16)22-18-20-11-14(12-21-18)17(23)19-9-6-10-24-3/h4-5,7-8,11-13H,6,9-10H2,1-3H3,(H,19,23)(H,20,21,22). The van der Waals surface area contributed by atoms with Crippen LogP contribution < -0.4 is 15.4 Å². The molecule has 7 nitrogen and oxygen atoms in total. The highest BCUT2D eigenvalue weighted by atomic mass is 16.5. The Morgan fingerprint density at radius 1 is 1.20 bits per heavy atom. The first-order valence-electron chi connectivity index (χ1n) is 8.22. The molecule has 0 saturated carbocycles. The van der Waals surface area contributed by atoms with Crippen LogP contribution in [0.2, 0.25) is 0 Å². The van der Waals surface area contributed by atoms with Crippen molar-refractivity contribution < 1.29 is 14.3 Å². The van der Waals surface area contributed by atoms with Gasteiger partial charge >= 0.3 is 0 Å². The summed E-state index contributed by atoms with van der Waals surface area (Å²) in [6, 6.07) is 7.57. The van der Waals surface area contributed by atoms with E-state index in [0.29, 0.717) is 24.7 Å². The van der Waals surface area contributed by atoms with Gasteiger partial charge in [0.1, 0.15) is 5.75 Å². The van der Waals surface area contributed by atoms with Crippen molar-refractivity contribution in [2.45, 2.75) is 26.4 Å². The van der Waals surface area contributed by atoms with Gasteiger partial charge in [-0.05, 0) is 32.4 Å². The molecular weight excluding hydrogens is 320 g/mol. The first kappa shape index (κ1) is 18.7. The minimum absolute atomic E-state index is 0.0630. The fourth-order valence-electron chi connectivity index (χ4n) is 2.08. The highest BCUT2D eigenvalue weighted by Gasteiger charge is 2.09. The van der Waals surface area contributed by atoms with Crippen molar-refractivity contribution in [2.24, 2.45) is 0 Å². The van der Waals surface area contributed by atoms with E-state index in [4.69, 9.17) is 9.47 Å². The molecule has 0 aliphatic heterocycles. The molecule has 1 amide bonds. The smallest absolute Gasteiger partial charge is 0.254 e. The molecule has 0 fully saturated rings. The largest absolute Gasteiger partial charge is 0.489 e. The Bertz CT molecular complexity index is 674. The van der Waals surface area contributed by atoms with Crippen LogP contribution in [0.15, 0.2) is 36.7 Å². The summed E-state index contributed by atoms with van der Waals surface area (Å²) in [5.41, 5.74) is 1.18. The zero-order valence-electron chi connectivity index (χ0n) is 14.8. The maximum Gasteiger partial charge on any atom is 0.254 e. The number of methoxy groups -OCH3 is 1. The van der Waals surface area contributed by atoms with Gasteiger partial charge in [0.2, 0.25) is 5.95 Å². The second-order valence-electron chi connectivity index (χ2n) is 5.69. The molecule has 0 aliphatic rings. The number of nitrogens with zero attached hydrogens (tertiary/aromatic N) is 2. The van der Waals surface area contributed by atoms with Gasteiger partial charge in [0.05, 0.1) is 17.4 Å². The molecule has 0 aliphatic carbocycles. The average molecular weight is 344 g/mol. The number of carbonyl (C=O) groups excluding carboxylic acids is 1. The Hall–Kier alpha value is -2.67. The number of carbonyl (C=O) groups is 1. The van der Waals surface area contributed by atoms with Gasteiger partial charge in [-0.15, -0.1) is 0 Å². The quantitative estimate of drug-likeness (QED) is 0.681. The molecule has 0 spiro atoms. The van der Waals surface area contributed by atoms with Crippen molar-refractivity contribution >= 4 is 17.5 Å². The lowest BCUT2D eigenvalue weighted by atomic mass is 10.3. The summed E-state index contributed by atoms with van der Waals surface area (Å²) in [6.07, 6.45) is 3.81. The van der Waals surface area contributed by atoms with Crippen LogP contribution in [0.25, 0.3) is 0 Å². The van der Waals surface area contributed by atoms with E-state index in [1.807, 2.05) is 38.1 Å². The van der Waals surface area contributed by atoms with E-state index in [1.165, 1.54) is 12.4 Å². The summed E-state index contributed by atoms with van der Waals surface area (Å²) >= 11 is 0. The van der Waals surface area contributed by atoms with Crippen LogP contribution in [0.1, 0.15) is 30.6 Å². The van der Waals surface area contributed by atoms with E-state index in [2.05, 4.69) is 20.6 Å². The number of amides is 1. The van der Waals surface area contributed by atoms with Gasteiger partial charge in [-0.1, -0.05) is 12.1 Å². The second kappa shape index (κ2) is 9.58. The van der Waals surface area contributed by atoms with Crippen LogP contribution in [-0.4, -0.2) is 42.2 Å². The van der Waals surface area contributed by atoms with Gasteiger partial charge in [-0.3, -0.25) is 4.79 Å². The summed E-state index contributed by atoms with van der Waals surface area (Å²) in [5, 5.41) is 5.90. The van der Waals surface area contributed by atoms with Crippen molar-refractivity contribution in [1.82, 2.24) is 15.3 Å². The Labute approximate surface area is 147 Å². The van der Waals surface area contributed by atoms with Gasteiger partial charge in [0, 0.05) is 32.7 Å². The summed E-state index contributed by atoms with van der Waals surface area (Å²) < 4.78 is 10.7. The zero-order valence-corrected chi connectivity index (χ0v) is 14.8. The lowest BCUT2D eigenvalue weighted by molar-refractivity contribution is 0.0948. The van der Waals surface area contributed by atoms with Crippen LogP contribution in [0.5, 0.6) is 5.75 Å². The van der Waals surface area contributed by atoms with Gasteiger partial charge in [-0.25, -0.2) is 9.97 Å². The molecule has 1 aromatic heterocycles. The van der Waals surface area contributed by atoms with Gasteiger partial charge in [-0.2, -0.15) is 0 Å². The molecule has 2 N–H and O–H groups in total. The minimum atomic E-state index is -0.203. The Morgan fingerprint density at radius 2 is 1.92 bits per heavy atom. The normalized spacial score (nSPS) is 10.6. The maximum absolute atomic E-state index is 12.0. The number of anilines is 2. The van der Waals surface area contributed by atoms with Crippen molar-refractivity contribution in [3.05, 3.63) is 42.2 Å². The van der Waals surface area contributed by atoms with Gasteiger partial charge in [0.15, 0.2) is 0 Å². The predicted molar refractivity (Wildman–Crippen MR) is 96.3 cm³/mol. The molecule has 0 unspecified atom stereocenters. The van der Waals surface area contributed by atoms with E-state index < -0.39 is 0 Å². The number of hydrogen-bond donors (Lipinski definition) is 2. The van der Waals surface area contributed by atoms with E-state index >= 15 is 0 Å². The number of hydrogen-bond acceptors (Lipinski definition) is 6. The third-order valence-corrected chi connectivity index (χ3v) is 3.22. The number of benzene rings is 1.